The van der Waals surface area contributed by atoms with Gasteiger partial charge < -0.3 is 14.8 Å². The molecule has 3 nitrogen and oxygen atoms in total. The van der Waals surface area contributed by atoms with Crippen molar-refractivity contribution in [2.24, 2.45) is 5.92 Å². The Morgan fingerprint density at radius 1 is 1.53 bits per heavy atom. The maximum absolute atomic E-state index is 5.98. The zero-order valence-electron chi connectivity index (χ0n) is 10.5. The van der Waals surface area contributed by atoms with Crippen LogP contribution in [0.3, 0.4) is 0 Å². The van der Waals surface area contributed by atoms with E-state index in [2.05, 4.69) is 26.1 Å². The maximum atomic E-state index is 5.98. The normalized spacial score (nSPS) is 32.2. The predicted octanol–water partition coefficient (Wildman–Crippen LogP) is 1.82. The highest BCUT2D eigenvalue weighted by Gasteiger charge is 2.40. The van der Waals surface area contributed by atoms with Gasteiger partial charge in [-0.05, 0) is 25.3 Å². The van der Waals surface area contributed by atoms with E-state index in [0.29, 0.717) is 18.6 Å². The number of rotatable bonds is 5. The van der Waals surface area contributed by atoms with Crippen molar-refractivity contribution < 1.29 is 9.47 Å². The summed E-state index contributed by atoms with van der Waals surface area (Å²) in [4.78, 5) is 0. The van der Waals surface area contributed by atoms with Gasteiger partial charge in [0.2, 0.25) is 0 Å². The largest absolute Gasteiger partial charge is 0.382 e. The molecular formula is C12H25NO2. The Morgan fingerprint density at radius 3 is 2.80 bits per heavy atom. The Kier molecular flexibility index (Phi) is 5.03. The van der Waals surface area contributed by atoms with Crippen LogP contribution in [0.5, 0.6) is 0 Å². The third-order valence-corrected chi connectivity index (χ3v) is 3.38. The zero-order chi connectivity index (χ0) is 11.3. The number of hydrogen-bond donors (Lipinski definition) is 1. The fraction of sp³-hybridized carbons (Fsp3) is 1.00. The first kappa shape index (κ1) is 12.9. The van der Waals surface area contributed by atoms with E-state index in [1.807, 2.05) is 0 Å². The molecule has 2 unspecified atom stereocenters. The Hall–Kier alpha value is -0.120. The van der Waals surface area contributed by atoms with Crippen molar-refractivity contribution in [3.8, 4) is 0 Å². The summed E-state index contributed by atoms with van der Waals surface area (Å²) < 4.78 is 11.3. The molecule has 2 atom stereocenters. The van der Waals surface area contributed by atoms with Crippen molar-refractivity contribution in [1.29, 1.82) is 0 Å². The lowest BCUT2D eigenvalue weighted by Crippen LogP contribution is -2.52. The quantitative estimate of drug-likeness (QED) is 0.759. The van der Waals surface area contributed by atoms with Gasteiger partial charge in [-0.15, -0.1) is 0 Å². The van der Waals surface area contributed by atoms with Crippen LogP contribution in [0, 0.1) is 5.92 Å². The Balaban J connectivity index is 2.62. The summed E-state index contributed by atoms with van der Waals surface area (Å²) in [5.74, 6) is 0.499. The lowest BCUT2D eigenvalue weighted by molar-refractivity contribution is -0.148. The lowest BCUT2D eigenvalue weighted by Gasteiger charge is -2.43. The summed E-state index contributed by atoms with van der Waals surface area (Å²) in [6.07, 6.45) is 2.18. The molecule has 0 spiro atoms. The molecule has 1 N–H and O–H groups in total. The average Bonchev–Trinajstić information content (AvgIpc) is 2.19. The monoisotopic (exact) mass is 215 g/mol. The van der Waals surface area contributed by atoms with E-state index >= 15 is 0 Å². The van der Waals surface area contributed by atoms with Crippen LogP contribution in [0.1, 0.15) is 33.6 Å². The molecule has 0 aromatic rings. The van der Waals surface area contributed by atoms with Gasteiger partial charge in [0.1, 0.15) is 0 Å². The van der Waals surface area contributed by atoms with Crippen LogP contribution >= 0.6 is 0 Å². The standard InChI is InChI=1S/C12H25NO2/c1-5-13-11-6-7-15-12(8-11,9-14-4)10(2)3/h10-11,13H,5-9H2,1-4H3. The molecule has 1 fully saturated rings. The second kappa shape index (κ2) is 5.83. The van der Waals surface area contributed by atoms with Crippen LogP contribution in [0.25, 0.3) is 0 Å². The number of ether oxygens (including phenoxy) is 2. The van der Waals surface area contributed by atoms with Crippen molar-refractivity contribution in [2.75, 3.05) is 26.9 Å². The van der Waals surface area contributed by atoms with Crippen molar-refractivity contribution in [1.82, 2.24) is 5.32 Å². The first-order valence-electron chi connectivity index (χ1n) is 6.01. The molecule has 0 aliphatic carbocycles. The van der Waals surface area contributed by atoms with Crippen molar-refractivity contribution in [3.63, 3.8) is 0 Å². The first-order valence-corrected chi connectivity index (χ1v) is 6.01. The van der Waals surface area contributed by atoms with E-state index in [1.165, 1.54) is 0 Å². The molecule has 3 heteroatoms. The van der Waals surface area contributed by atoms with Gasteiger partial charge in [0.25, 0.3) is 0 Å². The third-order valence-electron chi connectivity index (χ3n) is 3.38. The van der Waals surface area contributed by atoms with E-state index in [4.69, 9.17) is 9.47 Å². The Labute approximate surface area is 93.5 Å². The van der Waals surface area contributed by atoms with Crippen LogP contribution in [-0.4, -0.2) is 38.5 Å². The molecule has 1 saturated heterocycles. The molecule has 1 aliphatic heterocycles. The fourth-order valence-corrected chi connectivity index (χ4v) is 2.36. The number of nitrogens with one attached hydrogen (secondary N) is 1. The summed E-state index contributed by atoms with van der Waals surface area (Å²) in [5, 5.41) is 3.52. The molecule has 0 radical (unpaired) electrons. The van der Waals surface area contributed by atoms with Crippen molar-refractivity contribution >= 4 is 0 Å². The molecule has 1 rings (SSSR count). The van der Waals surface area contributed by atoms with Crippen LogP contribution in [0.4, 0.5) is 0 Å². The van der Waals surface area contributed by atoms with E-state index in [9.17, 15) is 0 Å². The zero-order valence-corrected chi connectivity index (χ0v) is 10.5. The van der Waals surface area contributed by atoms with Crippen LogP contribution in [0.2, 0.25) is 0 Å². The second-order valence-corrected chi connectivity index (χ2v) is 4.75. The smallest absolute Gasteiger partial charge is 0.0952 e. The average molecular weight is 215 g/mol. The summed E-state index contributed by atoms with van der Waals surface area (Å²) in [5.41, 5.74) is -0.0835. The Morgan fingerprint density at radius 2 is 2.27 bits per heavy atom. The van der Waals surface area contributed by atoms with E-state index < -0.39 is 0 Å². The lowest BCUT2D eigenvalue weighted by atomic mass is 9.82. The van der Waals surface area contributed by atoms with Crippen LogP contribution in [-0.2, 0) is 9.47 Å². The van der Waals surface area contributed by atoms with Crippen molar-refractivity contribution in [2.45, 2.75) is 45.3 Å². The third kappa shape index (κ3) is 3.16. The molecular weight excluding hydrogens is 190 g/mol. The summed E-state index contributed by atoms with van der Waals surface area (Å²) in [6.45, 7) is 9.17. The molecule has 1 aliphatic rings. The van der Waals surface area contributed by atoms with Gasteiger partial charge >= 0.3 is 0 Å². The van der Waals surface area contributed by atoms with Gasteiger partial charge in [-0.25, -0.2) is 0 Å². The maximum Gasteiger partial charge on any atom is 0.0952 e. The second-order valence-electron chi connectivity index (χ2n) is 4.75. The van der Waals surface area contributed by atoms with E-state index in [-0.39, 0.29) is 5.60 Å². The summed E-state index contributed by atoms with van der Waals surface area (Å²) >= 11 is 0. The van der Waals surface area contributed by atoms with Crippen LogP contribution in [0.15, 0.2) is 0 Å². The van der Waals surface area contributed by atoms with Gasteiger partial charge in [-0.2, -0.15) is 0 Å². The highest BCUT2D eigenvalue weighted by molar-refractivity contribution is 4.92. The summed E-state index contributed by atoms with van der Waals surface area (Å²) in [6, 6.07) is 0.585. The highest BCUT2D eigenvalue weighted by atomic mass is 16.5. The number of methoxy groups -OCH3 is 1. The molecule has 0 amide bonds. The minimum Gasteiger partial charge on any atom is -0.382 e. The summed E-state index contributed by atoms with van der Waals surface area (Å²) in [7, 11) is 1.75. The molecule has 1 heterocycles. The Bertz CT molecular complexity index is 178. The molecule has 0 aromatic heterocycles. The van der Waals surface area contributed by atoms with Gasteiger partial charge in [0, 0.05) is 19.8 Å². The predicted molar refractivity (Wildman–Crippen MR) is 62.1 cm³/mol. The molecule has 15 heavy (non-hydrogen) atoms. The molecule has 90 valence electrons. The number of hydrogen-bond acceptors (Lipinski definition) is 3. The molecule has 0 aromatic carbocycles. The minimum absolute atomic E-state index is 0.0835. The molecule has 0 bridgehead atoms. The van der Waals surface area contributed by atoms with Crippen molar-refractivity contribution in [3.05, 3.63) is 0 Å². The first-order chi connectivity index (χ1) is 7.14. The fourth-order valence-electron chi connectivity index (χ4n) is 2.36. The minimum atomic E-state index is -0.0835. The van der Waals surface area contributed by atoms with Crippen LogP contribution < -0.4 is 5.32 Å². The topological polar surface area (TPSA) is 30.5 Å². The van der Waals surface area contributed by atoms with Gasteiger partial charge in [-0.3, -0.25) is 0 Å². The highest BCUT2D eigenvalue weighted by Crippen LogP contribution is 2.32. The van der Waals surface area contributed by atoms with Gasteiger partial charge in [0.15, 0.2) is 0 Å². The molecule has 0 saturated carbocycles. The van der Waals surface area contributed by atoms with E-state index in [0.717, 1.165) is 26.0 Å². The van der Waals surface area contributed by atoms with E-state index in [1.54, 1.807) is 7.11 Å². The SMILES string of the molecule is CCNC1CCOC(COC)(C(C)C)C1. The van der Waals surface area contributed by atoms with Gasteiger partial charge in [0.05, 0.1) is 12.2 Å². The van der Waals surface area contributed by atoms with Gasteiger partial charge in [-0.1, -0.05) is 20.8 Å².